The van der Waals surface area contributed by atoms with Gasteiger partial charge in [-0.25, -0.2) is 0 Å². The maximum absolute atomic E-state index is 5.63. The highest BCUT2D eigenvalue weighted by Gasteiger charge is 2.21. The van der Waals surface area contributed by atoms with E-state index in [0.717, 1.165) is 30.7 Å². The Hall–Kier alpha value is -0.580. The maximum Gasteiger partial charge on any atom is 0.0722 e. The predicted octanol–water partition coefficient (Wildman–Crippen LogP) is 3.34. The van der Waals surface area contributed by atoms with Crippen molar-refractivity contribution in [2.45, 2.75) is 32.9 Å². The Bertz CT molecular complexity index is 425. The molecule has 4 heteroatoms. The summed E-state index contributed by atoms with van der Waals surface area (Å²) in [6.45, 7) is 10.2. The summed E-state index contributed by atoms with van der Waals surface area (Å²) in [6, 6.07) is 6.92. The van der Waals surface area contributed by atoms with Gasteiger partial charge in [0.25, 0.3) is 0 Å². The van der Waals surface area contributed by atoms with Crippen molar-refractivity contribution in [2.24, 2.45) is 0 Å². The number of ether oxygens (including phenoxy) is 1. The maximum atomic E-state index is 5.63. The summed E-state index contributed by atoms with van der Waals surface area (Å²) in [5.41, 5.74) is 2.68. The molecule has 2 atom stereocenters. The van der Waals surface area contributed by atoms with Crippen LogP contribution in [0.25, 0.3) is 0 Å². The summed E-state index contributed by atoms with van der Waals surface area (Å²) < 4.78 is 6.77. The minimum atomic E-state index is 0.305. The van der Waals surface area contributed by atoms with Crippen LogP contribution in [0.2, 0.25) is 0 Å². The van der Waals surface area contributed by atoms with Gasteiger partial charge in [0, 0.05) is 29.3 Å². The van der Waals surface area contributed by atoms with Crippen molar-refractivity contribution in [1.82, 2.24) is 5.32 Å². The molecule has 0 aliphatic carbocycles. The number of nitrogens with one attached hydrogen (secondary N) is 1. The lowest BCUT2D eigenvalue weighted by Gasteiger charge is -2.35. The summed E-state index contributed by atoms with van der Waals surface area (Å²) >= 11 is 3.58. The van der Waals surface area contributed by atoms with Crippen molar-refractivity contribution in [1.29, 1.82) is 0 Å². The quantitative estimate of drug-likeness (QED) is 0.918. The van der Waals surface area contributed by atoms with Gasteiger partial charge in [0.05, 0.1) is 12.7 Å². The minimum absolute atomic E-state index is 0.305. The van der Waals surface area contributed by atoms with Gasteiger partial charge in [-0.2, -0.15) is 0 Å². The average Bonchev–Trinajstić information content (AvgIpc) is 2.39. The molecule has 2 rings (SSSR count). The Morgan fingerprint density at radius 3 is 3.00 bits per heavy atom. The summed E-state index contributed by atoms with van der Waals surface area (Å²) in [6.07, 6.45) is 0.305. The summed E-state index contributed by atoms with van der Waals surface area (Å²) in [5.74, 6) is 0. The van der Waals surface area contributed by atoms with E-state index >= 15 is 0 Å². The lowest BCUT2D eigenvalue weighted by atomic mass is 10.0. The van der Waals surface area contributed by atoms with Gasteiger partial charge in [0.15, 0.2) is 0 Å². The van der Waals surface area contributed by atoms with Gasteiger partial charge in [0.2, 0.25) is 0 Å². The number of hydrogen-bond donors (Lipinski definition) is 1. The van der Waals surface area contributed by atoms with E-state index < -0.39 is 0 Å². The molecular weight excluding hydrogens is 304 g/mol. The highest BCUT2D eigenvalue weighted by molar-refractivity contribution is 9.10. The first-order valence-electron chi connectivity index (χ1n) is 7.01. The molecule has 3 nitrogen and oxygen atoms in total. The highest BCUT2D eigenvalue weighted by Crippen LogP contribution is 2.30. The Morgan fingerprint density at radius 1 is 1.53 bits per heavy atom. The van der Waals surface area contributed by atoms with E-state index in [1.807, 2.05) is 0 Å². The van der Waals surface area contributed by atoms with Crippen molar-refractivity contribution >= 4 is 21.6 Å². The molecule has 0 saturated carbocycles. The Morgan fingerprint density at radius 2 is 2.32 bits per heavy atom. The third-order valence-corrected chi connectivity index (χ3v) is 4.04. The molecule has 2 unspecified atom stereocenters. The molecule has 1 saturated heterocycles. The summed E-state index contributed by atoms with van der Waals surface area (Å²) in [7, 11) is 0. The van der Waals surface area contributed by atoms with Crippen LogP contribution in [-0.4, -0.2) is 32.3 Å². The van der Waals surface area contributed by atoms with Gasteiger partial charge in [0.1, 0.15) is 0 Å². The number of morpholine rings is 1. The van der Waals surface area contributed by atoms with Crippen LogP contribution in [-0.2, 0) is 4.74 Å². The first-order valence-corrected chi connectivity index (χ1v) is 7.80. The number of nitrogens with zero attached hydrogens (tertiary/aromatic N) is 1. The zero-order chi connectivity index (χ0) is 13.8. The molecule has 19 heavy (non-hydrogen) atoms. The van der Waals surface area contributed by atoms with Gasteiger partial charge in [-0.3, -0.25) is 0 Å². The molecule has 1 aromatic rings. The van der Waals surface area contributed by atoms with Gasteiger partial charge in [-0.15, -0.1) is 0 Å². The second kappa shape index (κ2) is 6.73. The normalized spacial score (nSPS) is 21.5. The van der Waals surface area contributed by atoms with Crippen LogP contribution in [0.4, 0.5) is 5.69 Å². The molecule has 1 aliphatic rings. The topological polar surface area (TPSA) is 24.5 Å². The summed E-state index contributed by atoms with van der Waals surface area (Å²) in [4.78, 5) is 2.43. The van der Waals surface area contributed by atoms with Gasteiger partial charge in [-0.1, -0.05) is 22.9 Å². The largest absolute Gasteiger partial charge is 0.375 e. The molecule has 0 amide bonds. The Labute approximate surface area is 124 Å². The minimum Gasteiger partial charge on any atom is -0.375 e. The molecular formula is C15H23BrN2O. The van der Waals surface area contributed by atoms with Crippen LogP contribution in [0.3, 0.4) is 0 Å². The second-order valence-electron chi connectivity index (χ2n) is 5.11. The van der Waals surface area contributed by atoms with Crippen molar-refractivity contribution < 1.29 is 4.74 Å². The van der Waals surface area contributed by atoms with E-state index in [1.165, 1.54) is 11.3 Å². The van der Waals surface area contributed by atoms with E-state index in [9.17, 15) is 0 Å². The zero-order valence-electron chi connectivity index (χ0n) is 11.9. The molecule has 106 valence electrons. The van der Waals surface area contributed by atoms with Gasteiger partial charge < -0.3 is 15.0 Å². The SMILES string of the molecule is CCNC(C)c1cc(Br)ccc1N1CCOC(C)C1. The van der Waals surface area contributed by atoms with Crippen LogP contribution < -0.4 is 10.2 Å². The smallest absolute Gasteiger partial charge is 0.0722 e. The van der Waals surface area contributed by atoms with Crippen molar-refractivity contribution in [3.05, 3.63) is 28.2 Å². The number of halogens is 1. The molecule has 1 fully saturated rings. The van der Waals surface area contributed by atoms with E-state index in [4.69, 9.17) is 4.74 Å². The number of anilines is 1. The van der Waals surface area contributed by atoms with E-state index in [0.29, 0.717) is 12.1 Å². The molecule has 1 N–H and O–H groups in total. The van der Waals surface area contributed by atoms with Crippen molar-refractivity contribution in [3.8, 4) is 0 Å². The number of benzene rings is 1. The van der Waals surface area contributed by atoms with E-state index in [2.05, 4.69) is 65.1 Å². The first kappa shape index (κ1) is 14.8. The van der Waals surface area contributed by atoms with E-state index in [-0.39, 0.29) is 0 Å². The molecule has 0 spiro atoms. The number of hydrogen-bond acceptors (Lipinski definition) is 3. The fraction of sp³-hybridized carbons (Fsp3) is 0.600. The first-order chi connectivity index (χ1) is 9.11. The Balaban J connectivity index is 2.27. The number of rotatable bonds is 4. The van der Waals surface area contributed by atoms with Crippen LogP contribution in [0.1, 0.15) is 32.4 Å². The molecule has 1 aliphatic heterocycles. The molecule has 0 aromatic heterocycles. The molecule has 0 bridgehead atoms. The monoisotopic (exact) mass is 326 g/mol. The highest BCUT2D eigenvalue weighted by atomic mass is 79.9. The van der Waals surface area contributed by atoms with Crippen LogP contribution in [0.15, 0.2) is 22.7 Å². The average molecular weight is 327 g/mol. The standard InChI is InChI=1S/C15H23BrN2O/c1-4-17-12(3)14-9-13(16)5-6-15(14)18-7-8-19-11(2)10-18/h5-6,9,11-12,17H,4,7-8,10H2,1-3H3. The van der Waals surface area contributed by atoms with Gasteiger partial charge >= 0.3 is 0 Å². The third-order valence-electron chi connectivity index (χ3n) is 3.55. The molecule has 1 heterocycles. The predicted molar refractivity (Wildman–Crippen MR) is 83.9 cm³/mol. The lowest BCUT2D eigenvalue weighted by Crippen LogP contribution is -2.41. The molecule has 0 radical (unpaired) electrons. The van der Waals surface area contributed by atoms with Crippen molar-refractivity contribution in [3.63, 3.8) is 0 Å². The second-order valence-corrected chi connectivity index (χ2v) is 6.03. The lowest BCUT2D eigenvalue weighted by molar-refractivity contribution is 0.0531. The van der Waals surface area contributed by atoms with Crippen LogP contribution >= 0.6 is 15.9 Å². The Kier molecular flexibility index (Phi) is 5.25. The molecule has 1 aromatic carbocycles. The van der Waals surface area contributed by atoms with E-state index in [1.54, 1.807) is 0 Å². The summed E-state index contributed by atoms with van der Waals surface area (Å²) in [5, 5.41) is 3.50. The third kappa shape index (κ3) is 3.71. The van der Waals surface area contributed by atoms with Crippen LogP contribution in [0.5, 0.6) is 0 Å². The fourth-order valence-corrected chi connectivity index (χ4v) is 2.99. The van der Waals surface area contributed by atoms with Crippen molar-refractivity contribution in [2.75, 3.05) is 31.1 Å². The fourth-order valence-electron chi connectivity index (χ4n) is 2.61. The van der Waals surface area contributed by atoms with Crippen LogP contribution in [0, 0.1) is 0 Å². The van der Waals surface area contributed by atoms with Gasteiger partial charge in [-0.05, 0) is 44.2 Å². The zero-order valence-corrected chi connectivity index (χ0v) is 13.5.